The zero-order valence-corrected chi connectivity index (χ0v) is 9.33. The quantitative estimate of drug-likeness (QED) is 0.800. The van der Waals surface area contributed by atoms with E-state index in [9.17, 15) is 18.0 Å². The number of benzene rings is 1. The van der Waals surface area contributed by atoms with Crippen LogP contribution >= 0.6 is 0 Å². The fraction of sp³-hybridized carbons (Fsp3) is 0.364. The maximum Gasteiger partial charge on any atom is 0.253 e. The Bertz CT molecular complexity index is 482. The van der Waals surface area contributed by atoms with Gasteiger partial charge in [-0.05, 0) is 12.1 Å². The number of halogens is 3. The third-order valence-corrected chi connectivity index (χ3v) is 2.70. The number of nitrogens with two attached hydrogens (primary N) is 1. The standard InChI is InChI=1S/C11H11F3N2O2/c12-7-1-2-8(11(14)10(7)13)16-4-6(3-15)18-5-9(16)17/h1-2,6H,3-5,15H2. The summed E-state index contributed by atoms with van der Waals surface area (Å²) in [5, 5.41) is 0. The molecule has 7 heteroatoms. The number of amides is 1. The minimum Gasteiger partial charge on any atom is -0.365 e. The van der Waals surface area contributed by atoms with Crippen LogP contribution in [0.1, 0.15) is 0 Å². The van der Waals surface area contributed by atoms with Gasteiger partial charge in [-0.3, -0.25) is 4.79 Å². The minimum absolute atomic E-state index is 0.0112. The average molecular weight is 260 g/mol. The predicted octanol–water partition coefficient (Wildman–Crippen LogP) is 0.794. The predicted molar refractivity (Wildman–Crippen MR) is 57.5 cm³/mol. The van der Waals surface area contributed by atoms with Gasteiger partial charge in [-0.1, -0.05) is 0 Å². The van der Waals surface area contributed by atoms with E-state index in [4.69, 9.17) is 10.5 Å². The molecule has 1 heterocycles. The normalized spacial score (nSPS) is 20.3. The van der Waals surface area contributed by atoms with E-state index in [1.54, 1.807) is 0 Å². The Kier molecular flexibility index (Phi) is 3.53. The summed E-state index contributed by atoms with van der Waals surface area (Å²) in [6, 6.07) is 1.79. The van der Waals surface area contributed by atoms with E-state index in [-0.39, 0.29) is 25.4 Å². The molecule has 0 aromatic heterocycles. The summed E-state index contributed by atoms with van der Waals surface area (Å²) in [5.41, 5.74) is 5.09. The molecule has 1 fully saturated rings. The second kappa shape index (κ2) is 4.95. The van der Waals surface area contributed by atoms with Crippen LogP contribution in [0.4, 0.5) is 18.9 Å². The summed E-state index contributed by atoms with van der Waals surface area (Å²) in [4.78, 5) is 12.6. The molecule has 1 unspecified atom stereocenters. The molecule has 1 amide bonds. The zero-order valence-electron chi connectivity index (χ0n) is 9.33. The first kappa shape index (κ1) is 12.8. The van der Waals surface area contributed by atoms with Crippen molar-refractivity contribution < 1.29 is 22.7 Å². The average Bonchev–Trinajstić information content (AvgIpc) is 2.37. The number of anilines is 1. The van der Waals surface area contributed by atoms with Crippen LogP contribution in [0.25, 0.3) is 0 Å². The molecule has 0 spiro atoms. The van der Waals surface area contributed by atoms with Crippen LogP contribution in [0, 0.1) is 17.5 Å². The molecule has 1 atom stereocenters. The topological polar surface area (TPSA) is 55.6 Å². The van der Waals surface area contributed by atoms with Crippen LogP contribution in [0.3, 0.4) is 0 Å². The highest BCUT2D eigenvalue weighted by molar-refractivity contribution is 5.95. The first-order valence-electron chi connectivity index (χ1n) is 5.30. The monoisotopic (exact) mass is 260 g/mol. The molecule has 2 N–H and O–H groups in total. The van der Waals surface area contributed by atoms with Crippen LogP contribution in [0.2, 0.25) is 0 Å². The van der Waals surface area contributed by atoms with E-state index in [0.29, 0.717) is 0 Å². The first-order valence-corrected chi connectivity index (χ1v) is 5.30. The van der Waals surface area contributed by atoms with Crippen LogP contribution in [-0.4, -0.2) is 31.7 Å². The molecule has 98 valence electrons. The van der Waals surface area contributed by atoms with E-state index < -0.39 is 29.5 Å². The molecule has 1 aliphatic heterocycles. The fourth-order valence-corrected chi connectivity index (χ4v) is 1.72. The first-order chi connectivity index (χ1) is 8.54. The molecule has 0 aliphatic carbocycles. The Morgan fingerprint density at radius 3 is 2.72 bits per heavy atom. The van der Waals surface area contributed by atoms with Gasteiger partial charge in [-0.25, -0.2) is 13.2 Å². The van der Waals surface area contributed by atoms with Crippen LogP contribution in [0.15, 0.2) is 12.1 Å². The summed E-state index contributed by atoms with van der Waals surface area (Å²) < 4.78 is 44.6. The highest BCUT2D eigenvalue weighted by Gasteiger charge is 2.29. The SMILES string of the molecule is NCC1CN(c2ccc(F)c(F)c2F)C(=O)CO1. The maximum absolute atomic E-state index is 13.6. The van der Waals surface area contributed by atoms with Gasteiger partial charge >= 0.3 is 0 Å². The lowest BCUT2D eigenvalue weighted by atomic mass is 10.2. The van der Waals surface area contributed by atoms with Gasteiger partial charge in [-0.15, -0.1) is 0 Å². The Labute approximate surface area is 101 Å². The number of hydrogen-bond acceptors (Lipinski definition) is 3. The van der Waals surface area contributed by atoms with Crippen LogP contribution in [-0.2, 0) is 9.53 Å². The smallest absolute Gasteiger partial charge is 0.253 e. The lowest BCUT2D eigenvalue weighted by Crippen LogP contribution is -2.49. The van der Waals surface area contributed by atoms with Crippen molar-refractivity contribution in [2.45, 2.75) is 6.10 Å². The van der Waals surface area contributed by atoms with Crippen molar-refractivity contribution in [3.05, 3.63) is 29.6 Å². The Morgan fingerprint density at radius 1 is 1.33 bits per heavy atom. The van der Waals surface area contributed by atoms with E-state index in [1.165, 1.54) is 0 Å². The van der Waals surface area contributed by atoms with Crippen molar-refractivity contribution in [1.29, 1.82) is 0 Å². The Hall–Kier alpha value is -1.60. The van der Waals surface area contributed by atoms with Crippen molar-refractivity contribution in [3.63, 3.8) is 0 Å². The number of hydrogen-bond donors (Lipinski definition) is 1. The summed E-state index contributed by atoms with van der Waals surface area (Å²) in [6.07, 6.45) is -0.449. The van der Waals surface area contributed by atoms with Gasteiger partial charge in [0.05, 0.1) is 18.3 Å². The second-order valence-electron chi connectivity index (χ2n) is 3.87. The van der Waals surface area contributed by atoms with Gasteiger partial charge < -0.3 is 15.4 Å². The maximum atomic E-state index is 13.6. The number of carbonyl (C=O) groups excluding carboxylic acids is 1. The van der Waals surface area contributed by atoms with E-state index in [0.717, 1.165) is 17.0 Å². The third-order valence-electron chi connectivity index (χ3n) is 2.70. The number of rotatable bonds is 2. The molecule has 1 aromatic carbocycles. The highest BCUT2D eigenvalue weighted by atomic mass is 19.2. The van der Waals surface area contributed by atoms with E-state index >= 15 is 0 Å². The van der Waals surface area contributed by atoms with Crippen molar-refractivity contribution in [1.82, 2.24) is 0 Å². The van der Waals surface area contributed by atoms with Crippen molar-refractivity contribution >= 4 is 11.6 Å². The van der Waals surface area contributed by atoms with Gasteiger partial charge in [0.25, 0.3) is 5.91 Å². The molecular formula is C11H11F3N2O2. The summed E-state index contributed by atoms with van der Waals surface area (Å²) >= 11 is 0. The number of nitrogens with zero attached hydrogens (tertiary/aromatic N) is 1. The number of ether oxygens (including phenoxy) is 1. The van der Waals surface area contributed by atoms with E-state index in [1.807, 2.05) is 0 Å². The Morgan fingerprint density at radius 2 is 2.06 bits per heavy atom. The van der Waals surface area contributed by atoms with Gasteiger partial charge in [0, 0.05) is 6.54 Å². The zero-order chi connectivity index (χ0) is 13.3. The van der Waals surface area contributed by atoms with Gasteiger partial charge in [0.15, 0.2) is 17.5 Å². The van der Waals surface area contributed by atoms with Crippen molar-refractivity contribution in [2.24, 2.45) is 5.73 Å². The molecule has 2 rings (SSSR count). The second-order valence-corrected chi connectivity index (χ2v) is 3.87. The van der Waals surface area contributed by atoms with Crippen LogP contribution < -0.4 is 10.6 Å². The molecule has 0 radical (unpaired) electrons. The molecule has 1 aromatic rings. The summed E-state index contributed by atoms with van der Waals surface area (Å²) in [6.45, 7) is -0.104. The number of carbonyl (C=O) groups is 1. The van der Waals surface area contributed by atoms with Crippen molar-refractivity contribution in [2.75, 3.05) is 24.6 Å². The van der Waals surface area contributed by atoms with Gasteiger partial charge in [0.2, 0.25) is 0 Å². The molecule has 0 bridgehead atoms. The van der Waals surface area contributed by atoms with Crippen LogP contribution in [0.5, 0.6) is 0 Å². The third kappa shape index (κ3) is 2.19. The van der Waals surface area contributed by atoms with E-state index in [2.05, 4.69) is 0 Å². The Balaban J connectivity index is 2.35. The molecule has 18 heavy (non-hydrogen) atoms. The molecular weight excluding hydrogens is 249 g/mol. The van der Waals surface area contributed by atoms with Gasteiger partial charge in [0.1, 0.15) is 6.61 Å². The van der Waals surface area contributed by atoms with Gasteiger partial charge in [-0.2, -0.15) is 0 Å². The van der Waals surface area contributed by atoms with Crippen molar-refractivity contribution in [3.8, 4) is 0 Å². The summed E-state index contributed by atoms with van der Waals surface area (Å²) in [5.74, 6) is -4.81. The number of morpholine rings is 1. The lowest BCUT2D eigenvalue weighted by molar-refractivity contribution is -0.129. The molecule has 4 nitrogen and oxygen atoms in total. The lowest BCUT2D eigenvalue weighted by Gasteiger charge is -2.32. The fourth-order valence-electron chi connectivity index (χ4n) is 1.72. The molecule has 1 saturated heterocycles. The molecule has 0 saturated carbocycles. The highest BCUT2D eigenvalue weighted by Crippen LogP contribution is 2.25. The molecule has 1 aliphatic rings. The summed E-state index contributed by atoms with van der Waals surface area (Å²) in [7, 11) is 0. The largest absolute Gasteiger partial charge is 0.365 e. The minimum atomic E-state index is -1.60.